The molecule has 1 aromatic rings. The Bertz CT molecular complexity index is 633. The maximum Gasteiger partial charge on any atom is 0.240 e. The molecule has 22 heavy (non-hydrogen) atoms. The molecule has 7 heteroatoms. The van der Waals surface area contributed by atoms with E-state index in [4.69, 9.17) is 27.9 Å². The summed E-state index contributed by atoms with van der Waals surface area (Å²) in [6.45, 7) is 2.10. The van der Waals surface area contributed by atoms with Crippen LogP contribution in [0.5, 0.6) is 5.75 Å². The van der Waals surface area contributed by atoms with Crippen LogP contribution in [-0.4, -0.2) is 28.9 Å². The van der Waals surface area contributed by atoms with Crippen molar-refractivity contribution in [2.24, 2.45) is 11.0 Å². The molecule has 1 amide bonds. The van der Waals surface area contributed by atoms with Crippen molar-refractivity contribution < 1.29 is 14.6 Å². The normalized spacial score (nSPS) is 22.8. The molecular weight excluding hydrogens is 327 g/mol. The number of rotatable bonds is 4. The van der Waals surface area contributed by atoms with Crippen LogP contribution in [0.1, 0.15) is 31.7 Å². The predicted octanol–water partition coefficient (Wildman–Crippen LogP) is 2.76. The first-order valence-electron chi connectivity index (χ1n) is 7.09. The van der Waals surface area contributed by atoms with Crippen LogP contribution in [-0.2, 0) is 4.79 Å². The van der Waals surface area contributed by atoms with E-state index in [1.807, 2.05) is 6.92 Å². The lowest BCUT2D eigenvalue weighted by atomic mass is 9.94. The van der Waals surface area contributed by atoms with Crippen LogP contribution in [0.25, 0.3) is 0 Å². The number of amides is 1. The number of nitrogens with one attached hydrogen (secondary N) is 1. The maximum absolute atomic E-state index is 11.3. The summed E-state index contributed by atoms with van der Waals surface area (Å²) >= 11 is 12.5. The van der Waals surface area contributed by atoms with Crippen molar-refractivity contribution in [2.45, 2.75) is 31.8 Å². The fourth-order valence-corrected chi connectivity index (χ4v) is 2.94. The highest BCUT2D eigenvalue weighted by atomic mass is 35.5. The van der Waals surface area contributed by atoms with E-state index in [0.29, 0.717) is 22.2 Å². The average molecular weight is 343 g/mol. The van der Waals surface area contributed by atoms with Crippen molar-refractivity contribution in [1.82, 2.24) is 5.43 Å². The van der Waals surface area contributed by atoms with E-state index in [9.17, 15) is 9.90 Å². The van der Waals surface area contributed by atoms with Gasteiger partial charge in [0.15, 0.2) is 5.75 Å². The SMILES string of the molecule is CC1CC(=O)NN=C1c1cc(Cl)c(OCC2(O)CC2)c(Cl)c1. The summed E-state index contributed by atoms with van der Waals surface area (Å²) in [5.74, 6) is 0.242. The van der Waals surface area contributed by atoms with Crippen molar-refractivity contribution in [2.75, 3.05) is 6.61 Å². The number of carbonyl (C=O) groups is 1. The molecule has 0 spiro atoms. The average Bonchev–Trinajstić information content (AvgIpc) is 3.15. The molecule has 1 aliphatic heterocycles. The molecule has 1 unspecified atom stereocenters. The lowest BCUT2D eigenvalue weighted by Crippen LogP contribution is -2.32. The van der Waals surface area contributed by atoms with Crippen molar-refractivity contribution in [3.05, 3.63) is 27.7 Å². The van der Waals surface area contributed by atoms with Crippen LogP contribution < -0.4 is 10.2 Å². The summed E-state index contributed by atoms with van der Waals surface area (Å²) in [5.41, 5.74) is 3.21. The zero-order chi connectivity index (χ0) is 15.9. The summed E-state index contributed by atoms with van der Waals surface area (Å²) in [7, 11) is 0. The van der Waals surface area contributed by atoms with Crippen molar-refractivity contribution >= 4 is 34.8 Å². The summed E-state index contributed by atoms with van der Waals surface area (Å²) in [4.78, 5) is 11.3. The fourth-order valence-electron chi connectivity index (χ4n) is 2.34. The third-order valence-electron chi connectivity index (χ3n) is 3.87. The van der Waals surface area contributed by atoms with Gasteiger partial charge in [0.25, 0.3) is 0 Å². The monoisotopic (exact) mass is 342 g/mol. The maximum atomic E-state index is 11.3. The third kappa shape index (κ3) is 3.21. The Kier molecular flexibility index (Phi) is 4.05. The zero-order valence-electron chi connectivity index (χ0n) is 12.0. The van der Waals surface area contributed by atoms with E-state index in [-0.39, 0.29) is 18.4 Å². The smallest absolute Gasteiger partial charge is 0.240 e. The topological polar surface area (TPSA) is 70.9 Å². The molecule has 3 rings (SSSR count). The van der Waals surface area contributed by atoms with Crippen molar-refractivity contribution in [3.63, 3.8) is 0 Å². The Morgan fingerprint density at radius 3 is 2.59 bits per heavy atom. The number of halogens is 2. The minimum atomic E-state index is -0.739. The van der Waals surface area contributed by atoms with Crippen molar-refractivity contribution in [1.29, 1.82) is 0 Å². The Morgan fingerprint density at radius 2 is 2.05 bits per heavy atom. The molecule has 1 saturated carbocycles. The molecule has 2 aliphatic rings. The quantitative estimate of drug-likeness (QED) is 0.883. The number of ether oxygens (including phenoxy) is 1. The number of hydrogen-bond donors (Lipinski definition) is 2. The van der Waals surface area contributed by atoms with Gasteiger partial charge in [0.1, 0.15) is 6.61 Å². The van der Waals surface area contributed by atoms with Crippen LogP contribution in [0.4, 0.5) is 0 Å². The van der Waals surface area contributed by atoms with Gasteiger partial charge in [0.05, 0.1) is 21.4 Å². The van der Waals surface area contributed by atoms with Crippen molar-refractivity contribution in [3.8, 4) is 5.75 Å². The van der Waals surface area contributed by atoms with Crippen LogP contribution in [0.2, 0.25) is 10.0 Å². The standard InChI is InChI=1S/C15H16Cl2N2O3/c1-8-4-12(20)18-19-13(8)9-5-10(16)14(11(17)6-9)22-7-15(21)2-3-15/h5-6,8,21H,2-4,7H2,1H3,(H,18,20). The van der Waals surface area contributed by atoms with Crippen LogP contribution in [0.15, 0.2) is 17.2 Å². The second-order valence-electron chi connectivity index (χ2n) is 5.92. The van der Waals surface area contributed by atoms with Gasteiger partial charge in [-0.15, -0.1) is 0 Å². The molecule has 1 heterocycles. The number of aliphatic hydroxyl groups is 1. The number of carbonyl (C=O) groups excluding carboxylic acids is 1. The second-order valence-corrected chi connectivity index (χ2v) is 6.73. The molecule has 118 valence electrons. The van der Waals surface area contributed by atoms with Gasteiger partial charge in [-0.1, -0.05) is 30.1 Å². The summed E-state index contributed by atoms with van der Waals surface area (Å²) in [6, 6.07) is 3.43. The molecular formula is C15H16Cl2N2O3. The van der Waals surface area contributed by atoms with E-state index >= 15 is 0 Å². The number of nitrogens with zero attached hydrogens (tertiary/aromatic N) is 1. The molecule has 1 aliphatic carbocycles. The molecule has 0 aromatic heterocycles. The molecule has 1 fully saturated rings. The summed E-state index contributed by atoms with van der Waals surface area (Å²) < 4.78 is 5.56. The zero-order valence-corrected chi connectivity index (χ0v) is 13.5. The molecule has 1 aromatic carbocycles. The Morgan fingerprint density at radius 1 is 1.41 bits per heavy atom. The highest BCUT2D eigenvalue weighted by Gasteiger charge is 2.41. The Labute approximate surface area is 138 Å². The van der Waals surface area contributed by atoms with E-state index in [1.54, 1.807) is 12.1 Å². The lowest BCUT2D eigenvalue weighted by Gasteiger charge is -2.20. The Balaban J connectivity index is 1.84. The van der Waals surface area contributed by atoms with Gasteiger partial charge in [-0.25, -0.2) is 5.43 Å². The predicted molar refractivity (Wildman–Crippen MR) is 84.6 cm³/mol. The first-order chi connectivity index (χ1) is 10.4. The van der Waals surface area contributed by atoms with Gasteiger partial charge in [0.2, 0.25) is 5.91 Å². The summed E-state index contributed by atoms with van der Waals surface area (Å²) in [6.07, 6.45) is 1.84. The number of hydrogen-bond acceptors (Lipinski definition) is 4. The molecule has 0 bridgehead atoms. The van der Waals surface area contributed by atoms with Crippen LogP contribution in [0.3, 0.4) is 0 Å². The van der Waals surface area contributed by atoms with Gasteiger partial charge in [0, 0.05) is 17.9 Å². The van der Waals surface area contributed by atoms with Crippen LogP contribution in [0, 0.1) is 5.92 Å². The van der Waals surface area contributed by atoms with Gasteiger partial charge in [-0.2, -0.15) is 5.10 Å². The molecule has 5 nitrogen and oxygen atoms in total. The first-order valence-corrected chi connectivity index (χ1v) is 7.84. The number of benzene rings is 1. The second kappa shape index (κ2) is 5.72. The highest BCUT2D eigenvalue weighted by molar-refractivity contribution is 6.37. The van der Waals surface area contributed by atoms with E-state index < -0.39 is 5.60 Å². The number of hydrazone groups is 1. The molecule has 0 saturated heterocycles. The molecule has 1 atom stereocenters. The lowest BCUT2D eigenvalue weighted by molar-refractivity contribution is -0.121. The van der Waals surface area contributed by atoms with E-state index in [0.717, 1.165) is 24.1 Å². The minimum Gasteiger partial charge on any atom is -0.487 e. The van der Waals surface area contributed by atoms with Gasteiger partial charge in [-0.3, -0.25) is 4.79 Å². The largest absolute Gasteiger partial charge is 0.487 e. The third-order valence-corrected chi connectivity index (χ3v) is 4.43. The van der Waals surface area contributed by atoms with Crippen LogP contribution >= 0.6 is 23.2 Å². The first kappa shape index (κ1) is 15.6. The van der Waals surface area contributed by atoms with Gasteiger partial charge in [-0.05, 0) is 25.0 Å². The molecule has 0 radical (unpaired) electrons. The van der Waals surface area contributed by atoms with E-state index in [1.165, 1.54) is 0 Å². The minimum absolute atomic E-state index is 0.0140. The highest BCUT2D eigenvalue weighted by Crippen LogP contribution is 2.39. The molecule has 2 N–H and O–H groups in total. The van der Waals surface area contributed by atoms with Gasteiger partial charge < -0.3 is 9.84 Å². The Hall–Kier alpha value is -1.30. The summed E-state index contributed by atoms with van der Waals surface area (Å²) in [5, 5.41) is 14.6. The van der Waals surface area contributed by atoms with E-state index in [2.05, 4.69) is 10.5 Å². The van der Waals surface area contributed by atoms with Gasteiger partial charge >= 0.3 is 0 Å². The fraction of sp³-hybridized carbons (Fsp3) is 0.467.